The lowest BCUT2D eigenvalue weighted by Crippen LogP contribution is -2.50. The number of para-hydroxylation sites is 1. The molecule has 26 heavy (non-hydrogen) atoms. The molecule has 0 radical (unpaired) electrons. The predicted octanol–water partition coefficient (Wildman–Crippen LogP) is 1.95. The summed E-state index contributed by atoms with van der Waals surface area (Å²) >= 11 is 6.06. The summed E-state index contributed by atoms with van der Waals surface area (Å²) in [5.41, 5.74) is 0.611. The van der Waals surface area contributed by atoms with Gasteiger partial charge >= 0.3 is 0 Å². The molecule has 1 fully saturated rings. The number of benzene rings is 1. The Hall–Kier alpha value is -2.38. The first-order valence-corrected chi connectivity index (χ1v) is 9.03. The van der Waals surface area contributed by atoms with Crippen LogP contribution in [0.3, 0.4) is 0 Å². The highest BCUT2D eigenvalue weighted by Crippen LogP contribution is 2.20. The van der Waals surface area contributed by atoms with Crippen molar-refractivity contribution in [3.8, 4) is 0 Å². The van der Waals surface area contributed by atoms with Gasteiger partial charge in [0, 0.05) is 45.1 Å². The summed E-state index contributed by atoms with van der Waals surface area (Å²) in [7, 11) is 0. The molecule has 138 valence electrons. The summed E-state index contributed by atoms with van der Waals surface area (Å²) < 4.78 is 1.84. The summed E-state index contributed by atoms with van der Waals surface area (Å²) in [6, 6.07) is 7.15. The van der Waals surface area contributed by atoms with Crippen molar-refractivity contribution in [3.63, 3.8) is 0 Å². The maximum atomic E-state index is 12.6. The SMILES string of the molecule is CCn1ccnc1C(=O)N1CCN(CC(=O)Nc2ccccc2Cl)CC1. The zero-order valence-electron chi connectivity index (χ0n) is 14.7. The highest BCUT2D eigenvalue weighted by atomic mass is 35.5. The lowest BCUT2D eigenvalue weighted by Gasteiger charge is -2.34. The Morgan fingerprint density at radius 1 is 1.19 bits per heavy atom. The number of carbonyl (C=O) groups excluding carboxylic acids is 2. The Morgan fingerprint density at radius 3 is 2.62 bits per heavy atom. The number of hydrogen-bond donors (Lipinski definition) is 1. The average molecular weight is 376 g/mol. The molecule has 7 nitrogen and oxygen atoms in total. The van der Waals surface area contributed by atoms with Crippen LogP contribution in [0.1, 0.15) is 17.5 Å². The van der Waals surface area contributed by atoms with Gasteiger partial charge in [0.25, 0.3) is 5.91 Å². The molecule has 0 atom stereocenters. The van der Waals surface area contributed by atoms with Gasteiger partial charge < -0.3 is 14.8 Å². The largest absolute Gasteiger partial charge is 0.333 e. The van der Waals surface area contributed by atoms with Crippen molar-refractivity contribution in [1.82, 2.24) is 19.4 Å². The predicted molar refractivity (Wildman–Crippen MR) is 100 cm³/mol. The van der Waals surface area contributed by atoms with E-state index >= 15 is 0 Å². The molecular weight excluding hydrogens is 354 g/mol. The molecule has 0 spiro atoms. The number of piperazine rings is 1. The minimum absolute atomic E-state index is 0.0583. The zero-order chi connectivity index (χ0) is 18.5. The Kier molecular flexibility index (Phi) is 5.90. The Balaban J connectivity index is 1.50. The number of anilines is 1. The normalized spacial score (nSPS) is 15.1. The van der Waals surface area contributed by atoms with Gasteiger partial charge in [-0.3, -0.25) is 14.5 Å². The first kappa shape index (κ1) is 18.4. The average Bonchev–Trinajstić information content (AvgIpc) is 3.12. The molecule has 1 aliphatic rings. The van der Waals surface area contributed by atoms with Crippen LogP contribution in [0.2, 0.25) is 5.02 Å². The number of halogens is 1. The van der Waals surface area contributed by atoms with Gasteiger partial charge in [-0.25, -0.2) is 4.98 Å². The van der Waals surface area contributed by atoms with Crippen LogP contribution >= 0.6 is 11.6 Å². The molecule has 2 heterocycles. The van der Waals surface area contributed by atoms with Gasteiger partial charge in [-0.1, -0.05) is 23.7 Å². The van der Waals surface area contributed by atoms with Crippen LogP contribution in [-0.4, -0.2) is 63.9 Å². The highest BCUT2D eigenvalue weighted by Gasteiger charge is 2.25. The third-order valence-electron chi connectivity index (χ3n) is 4.42. The molecule has 1 aromatic heterocycles. The summed E-state index contributed by atoms with van der Waals surface area (Å²) in [6.45, 7) is 5.42. The molecule has 1 aromatic carbocycles. The monoisotopic (exact) mass is 375 g/mol. The van der Waals surface area contributed by atoms with Crippen LogP contribution in [0.15, 0.2) is 36.7 Å². The molecule has 0 unspecified atom stereocenters. The molecule has 1 aliphatic heterocycles. The van der Waals surface area contributed by atoms with Gasteiger partial charge in [0.05, 0.1) is 17.3 Å². The lowest BCUT2D eigenvalue weighted by molar-refractivity contribution is -0.117. The van der Waals surface area contributed by atoms with E-state index in [2.05, 4.69) is 10.3 Å². The number of amides is 2. The van der Waals surface area contributed by atoms with Crippen molar-refractivity contribution < 1.29 is 9.59 Å². The summed E-state index contributed by atoms with van der Waals surface area (Å²) in [4.78, 5) is 32.8. The fourth-order valence-electron chi connectivity index (χ4n) is 2.97. The lowest BCUT2D eigenvalue weighted by atomic mass is 10.3. The molecule has 1 saturated heterocycles. The van der Waals surface area contributed by atoms with Gasteiger partial charge in [-0.2, -0.15) is 0 Å². The third kappa shape index (κ3) is 4.23. The van der Waals surface area contributed by atoms with E-state index in [4.69, 9.17) is 11.6 Å². The van der Waals surface area contributed by atoms with Crippen molar-refractivity contribution >= 4 is 29.1 Å². The smallest absolute Gasteiger partial charge is 0.289 e. The first-order valence-electron chi connectivity index (χ1n) is 8.65. The van der Waals surface area contributed by atoms with Gasteiger partial charge in [-0.05, 0) is 19.1 Å². The van der Waals surface area contributed by atoms with Crippen LogP contribution in [-0.2, 0) is 11.3 Å². The van der Waals surface area contributed by atoms with Gasteiger partial charge in [0.2, 0.25) is 5.91 Å². The summed E-state index contributed by atoms with van der Waals surface area (Å²) in [5.74, 6) is 0.300. The van der Waals surface area contributed by atoms with E-state index < -0.39 is 0 Å². The third-order valence-corrected chi connectivity index (χ3v) is 4.75. The van der Waals surface area contributed by atoms with E-state index in [0.29, 0.717) is 49.3 Å². The van der Waals surface area contributed by atoms with Crippen molar-refractivity contribution in [2.45, 2.75) is 13.5 Å². The summed E-state index contributed by atoms with van der Waals surface area (Å²) in [6.07, 6.45) is 3.45. The number of nitrogens with one attached hydrogen (secondary N) is 1. The van der Waals surface area contributed by atoms with E-state index in [9.17, 15) is 9.59 Å². The fraction of sp³-hybridized carbons (Fsp3) is 0.389. The number of carbonyl (C=O) groups is 2. The zero-order valence-corrected chi connectivity index (χ0v) is 15.4. The topological polar surface area (TPSA) is 70.5 Å². The van der Waals surface area contributed by atoms with E-state index in [1.165, 1.54) is 0 Å². The molecule has 1 N–H and O–H groups in total. The van der Waals surface area contributed by atoms with E-state index in [0.717, 1.165) is 0 Å². The number of rotatable bonds is 5. The Morgan fingerprint density at radius 2 is 1.92 bits per heavy atom. The second kappa shape index (κ2) is 8.33. The highest BCUT2D eigenvalue weighted by molar-refractivity contribution is 6.33. The number of nitrogens with zero attached hydrogens (tertiary/aromatic N) is 4. The van der Waals surface area contributed by atoms with Crippen LogP contribution in [0, 0.1) is 0 Å². The van der Waals surface area contributed by atoms with Crippen molar-refractivity contribution in [2.24, 2.45) is 0 Å². The molecule has 0 saturated carbocycles. The minimum atomic E-state index is -0.112. The van der Waals surface area contributed by atoms with Gasteiger partial charge in [0.1, 0.15) is 0 Å². The van der Waals surface area contributed by atoms with Gasteiger partial charge in [-0.15, -0.1) is 0 Å². The second-order valence-electron chi connectivity index (χ2n) is 6.13. The van der Waals surface area contributed by atoms with Gasteiger partial charge in [0.15, 0.2) is 5.82 Å². The molecule has 0 bridgehead atoms. The van der Waals surface area contributed by atoms with E-state index in [1.54, 1.807) is 23.2 Å². The van der Waals surface area contributed by atoms with Crippen molar-refractivity contribution in [3.05, 3.63) is 47.5 Å². The quantitative estimate of drug-likeness (QED) is 0.867. The molecule has 8 heteroatoms. The van der Waals surface area contributed by atoms with Crippen LogP contribution in [0.4, 0.5) is 5.69 Å². The molecule has 2 aromatic rings. The Bertz CT molecular complexity index is 783. The maximum Gasteiger partial charge on any atom is 0.289 e. The number of imidazole rings is 1. The maximum absolute atomic E-state index is 12.6. The van der Waals surface area contributed by atoms with E-state index in [-0.39, 0.29) is 18.4 Å². The first-order chi connectivity index (χ1) is 12.6. The van der Waals surface area contributed by atoms with E-state index in [1.807, 2.05) is 34.7 Å². The second-order valence-corrected chi connectivity index (χ2v) is 6.54. The number of aryl methyl sites for hydroxylation is 1. The minimum Gasteiger partial charge on any atom is -0.333 e. The molecular formula is C18H22ClN5O2. The molecule has 2 amide bonds. The Labute approximate surface area is 157 Å². The molecule has 0 aliphatic carbocycles. The van der Waals surface area contributed by atoms with Crippen molar-refractivity contribution in [2.75, 3.05) is 38.0 Å². The number of aromatic nitrogens is 2. The van der Waals surface area contributed by atoms with Crippen molar-refractivity contribution in [1.29, 1.82) is 0 Å². The van der Waals surface area contributed by atoms with Crippen LogP contribution in [0.5, 0.6) is 0 Å². The van der Waals surface area contributed by atoms with Crippen LogP contribution < -0.4 is 5.32 Å². The van der Waals surface area contributed by atoms with Crippen LogP contribution in [0.25, 0.3) is 0 Å². The number of hydrogen-bond acceptors (Lipinski definition) is 4. The fourth-order valence-corrected chi connectivity index (χ4v) is 3.15. The standard InChI is InChI=1S/C18H22ClN5O2/c1-2-23-8-7-20-17(23)18(26)24-11-9-22(10-12-24)13-16(25)21-15-6-4-3-5-14(15)19/h3-8H,2,9-13H2,1H3,(H,21,25). The molecule has 3 rings (SSSR count). The summed E-state index contributed by atoms with van der Waals surface area (Å²) in [5, 5.41) is 3.34.